The van der Waals surface area contributed by atoms with Gasteiger partial charge in [0.05, 0.1) is 13.2 Å². The first kappa shape index (κ1) is 14.3. The number of aliphatic hydroxyl groups is 1. The molecule has 2 aromatic rings. The van der Waals surface area contributed by atoms with Gasteiger partial charge in [-0.05, 0) is 17.7 Å². The van der Waals surface area contributed by atoms with Crippen molar-refractivity contribution >= 4 is 17.1 Å². The van der Waals surface area contributed by atoms with Gasteiger partial charge >= 0.3 is 0 Å². The number of hydrogen-bond acceptors (Lipinski definition) is 4. The van der Waals surface area contributed by atoms with Gasteiger partial charge in [-0.25, -0.2) is 0 Å². The number of aliphatic hydroxyl groups excluding tert-OH is 1. The summed E-state index contributed by atoms with van der Waals surface area (Å²) in [5.74, 6) is 0.112. The maximum Gasteiger partial charge on any atom is 0.115 e. The summed E-state index contributed by atoms with van der Waals surface area (Å²) in [5.41, 5.74) is 1.95. The molecule has 0 aliphatic carbocycles. The molecule has 1 N–H and O–H groups in total. The zero-order valence-electron chi connectivity index (χ0n) is 11.9. The van der Waals surface area contributed by atoms with Crippen molar-refractivity contribution in [3.63, 3.8) is 0 Å². The minimum atomic E-state index is 0.112. The van der Waals surface area contributed by atoms with E-state index < -0.39 is 0 Å². The van der Waals surface area contributed by atoms with Crippen LogP contribution in [0, 0.1) is 0 Å². The molecule has 1 aliphatic rings. The summed E-state index contributed by atoms with van der Waals surface area (Å²) in [5, 5.41) is 9.36. The average Bonchev–Trinajstić information content (AvgIpc) is 2.97. The van der Waals surface area contributed by atoms with Crippen molar-refractivity contribution in [1.82, 2.24) is 4.90 Å². The minimum absolute atomic E-state index is 0.112. The lowest BCUT2D eigenvalue weighted by molar-refractivity contribution is 0.0346. The van der Waals surface area contributed by atoms with E-state index in [1.165, 1.54) is 15.3 Å². The van der Waals surface area contributed by atoms with Crippen LogP contribution >= 0.6 is 11.3 Å². The molecule has 3 nitrogen and oxygen atoms in total. The first-order valence-electron chi connectivity index (χ1n) is 7.10. The van der Waals surface area contributed by atoms with Crippen molar-refractivity contribution in [3.8, 4) is 10.4 Å². The van der Waals surface area contributed by atoms with E-state index in [9.17, 15) is 5.11 Å². The highest BCUT2D eigenvalue weighted by molar-refractivity contribution is 7.15. The van der Waals surface area contributed by atoms with Crippen molar-refractivity contribution in [1.29, 1.82) is 0 Å². The Hall–Kier alpha value is -1.62. The second kappa shape index (κ2) is 6.43. The van der Waals surface area contributed by atoms with Crippen LogP contribution in [0.4, 0.5) is 0 Å². The highest BCUT2D eigenvalue weighted by atomic mass is 32.1. The summed E-state index contributed by atoms with van der Waals surface area (Å²) in [6, 6.07) is 12.2. The first-order chi connectivity index (χ1) is 10.2. The lowest BCUT2D eigenvalue weighted by Gasteiger charge is -2.25. The molecule has 0 bridgehead atoms. The topological polar surface area (TPSA) is 32.7 Å². The Labute approximate surface area is 129 Å². The maximum absolute atomic E-state index is 9.36. The van der Waals surface area contributed by atoms with Crippen molar-refractivity contribution in [2.45, 2.75) is 6.54 Å². The summed E-state index contributed by atoms with van der Waals surface area (Å²) >= 11 is 1.83. The predicted octanol–water partition coefficient (Wildman–Crippen LogP) is 3.78. The third kappa shape index (κ3) is 3.53. The Kier molecular flexibility index (Phi) is 4.39. The molecule has 110 valence electrons. The quantitative estimate of drug-likeness (QED) is 0.872. The Morgan fingerprint density at radius 3 is 2.52 bits per heavy atom. The zero-order valence-corrected chi connectivity index (χ0v) is 12.7. The maximum atomic E-state index is 9.36. The standard InChI is InChI=1S/C17H19NO2S/c1-13(19)14-2-4-15(5-3-14)17-7-6-16(21-17)12-18-8-10-20-11-9-18/h2-7,19H,1,8-12H2. The third-order valence-corrected chi connectivity index (χ3v) is 4.77. The molecule has 0 radical (unpaired) electrons. The van der Waals surface area contributed by atoms with E-state index in [2.05, 4.69) is 23.6 Å². The van der Waals surface area contributed by atoms with Crippen molar-refractivity contribution in [3.05, 3.63) is 53.4 Å². The van der Waals surface area contributed by atoms with Crippen molar-refractivity contribution in [2.75, 3.05) is 26.3 Å². The van der Waals surface area contributed by atoms with Gasteiger partial charge < -0.3 is 9.84 Å². The number of ether oxygens (including phenoxy) is 1. The molecule has 1 aromatic carbocycles. The van der Waals surface area contributed by atoms with Crippen LogP contribution in [0.5, 0.6) is 0 Å². The second-order valence-corrected chi connectivity index (χ2v) is 6.35. The number of rotatable bonds is 4. The first-order valence-corrected chi connectivity index (χ1v) is 7.91. The van der Waals surface area contributed by atoms with E-state index in [1.807, 2.05) is 35.6 Å². The van der Waals surface area contributed by atoms with Gasteiger partial charge in [0.15, 0.2) is 0 Å². The van der Waals surface area contributed by atoms with Crippen LogP contribution in [0.1, 0.15) is 10.4 Å². The zero-order chi connectivity index (χ0) is 14.7. The molecular formula is C17H19NO2S. The summed E-state index contributed by atoms with van der Waals surface area (Å²) in [7, 11) is 0. The largest absolute Gasteiger partial charge is 0.508 e. The van der Waals surface area contributed by atoms with E-state index in [1.54, 1.807) is 0 Å². The number of morpholine rings is 1. The summed E-state index contributed by atoms with van der Waals surface area (Å²) in [4.78, 5) is 5.06. The van der Waals surface area contributed by atoms with Crippen LogP contribution < -0.4 is 0 Å². The fourth-order valence-corrected chi connectivity index (χ4v) is 3.48. The Morgan fingerprint density at radius 1 is 1.14 bits per heavy atom. The fraction of sp³-hybridized carbons (Fsp3) is 0.294. The number of thiophene rings is 1. The van der Waals surface area contributed by atoms with Crippen LogP contribution in [0.2, 0.25) is 0 Å². The van der Waals surface area contributed by atoms with Gasteiger partial charge in [0, 0.05) is 35.0 Å². The molecule has 0 atom stereocenters. The highest BCUT2D eigenvalue weighted by Crippen LogP contribution is 2.29. The van der Waals surface area contributed by atoms with Gasteiger partial charge in [-0.15, -0.1) is 11.3 Å². The summed E-state index contributed by atoms with van der Waals surface area (Å²) in [6.45, 7) is 8.24. The second-order valence-electron chi connectivity index (χ2n) is 5.18. The normalized spacial score (nSPS) is 16.0. The van der Waals surface area contributed by atoms with E-state index >= 15 is 0 Å². The van der Waals surface area contributed by atoms with E-state index in [0.29, 0.717) is 0 Å². The molecule has 0 unspecified atom stereocenters. The van der Waals surface area contributed by atoms with E-state index in [0.717, 1.165) is 38.4 Å². The van der Waals surface area contributed by atoms with Crippen molar-refractivity contribution in [2.24, 2.45) is 0 Å². The van der Waals surface area contributed by atoms with Gasteiger partial charge in [-0.1, -0.05) is 30.8 Å². The highest BCUT2D eigenvalue weighted by Gasteiger charge is 2.12. The summed E-state index contributed by atoms with van der Waals surface area (Å²) < 4.78 is 5.38. The van der Waals surface area contributed by atoms with Gasteiger partial charge in [0.2, 0.25) is 0 Å². The fourth-order valence-electron chi connectivity index (χ4n) is 2.42. The van der Waals surface area contributed by atoms with Crippen LogP contribution in [0.3, 0.4) is 0 Å². The number of hydrogen-bond donors (Lipinski definition) is 1. The van der Waals surface area contributed by atoms with Crippen LogP contribution in [0.25, 0.3) is 16.2 Å². The molecule has 21 heavy (non-hydrogen) atoms. The molecule has 3 rings (SSSR count). The summed E-state index contributed by atoms with van der Waals surface area (Å²) in [6.07, 6.45) is 0. The van der Waals surface area contributed by atoms with Crippen LogP contribution in [-0.4, -0.2) is 36.3 Å². The molecule has 0 amide bonds. The molecule has 1 fully saturated rings. The average molecular weight is 301 g/mol. The lowest BCUT2D eigenvalue weighted by Crippen LogP contribution is -2.35. The van der Waals surface area contributed by atoms with E-state index in [-0.39, 0.29) is 5.76 Å². The van der Waals surface area contributed by atoms with E-state index in [4.69, 9.17) is 4.74 Å². The molecule has 4 heteroatoms. The Balaban J connectivity index is 1.70. The minimum Gasteiger partial charge on any atom is -0.508 e. The molecule has 1 aliphatic heterocycles. The molecule has 0 saturated carbocycles. The number of benzene rings is 1. The molecule has 1 aromatic heterocycles. The molecule has 2 heterocycles. The van der Waals surface area contributed by atoms with Gasteiger partial charge in [0.25, 0.3) is 0 Å². The number of nitrogens with zero attached hydrogens (tertiary/aromatic N) is 1. The smallest absolute Gasteiger partial charge is 0.115 e. The van der Waals surface area contributed by atoms with Gasteiger partial charge in [0.1, 0.15) is 5.76 Å². The lowest BCUT2D eigenvalue weighted by atomic mass is 10.1. The van der Waals surface area contributed by atoms with Crippen molar-refractivity contribution < 1.29 is 9.84 Å². The molecule has 1 saturated heterocycles. The SMILES string of the molecule is C=C(O)c1ccc(-c2ccc(CN3CCOCC3)s2)cc1. The third-order valence-electron chi connectivity index (χ3n) is 3.65. The predicted molar refractivity (Wildman–Crippen MR) is 87.5 cm³/mol. The molecule has 0 spiro atoms. The monoisotopic (exact) mass is 301 g/mol. The van der Waals surface area contributed by atoms with Gasteiger partial charge in [-0.3, -0.25) is 4.90 Å². The van der Waals surface area contributed by atoms with Crippen LogP contribution in [-0.2, 0) is 11.3 Å². The van der Waals surface area contributed by atoms with Crippen LogP contribution in [0.15, 0.2) is 43.0 Å². The Bertz CT molecular complexity index is 612. The Morgan fingerprint density at radius 2 is 1.86 bits per heavy atom. The van der Waals surface area contributed by atoms with Gasteiger partial charge in [-0.2, -0.15) is 0 Å². The molecular weight excluding hydrogens is 282 g/mol.